The normalized spacial score (nSPS) is 13.9. The number of nitro benzene ring substituents is 1. The molecule has 3 rings (SSSR count). The highest BCUT2D eigenvalue weighted by Crippen LogP contribution is 2.32. The second kappa shape index (κ2) is 7.90. The summed E-state index contributed by atoms with van der Waals surface area (Å²) in [6, 6.07) is 11.0. The number of nitrogens with one attached hydrogen (secondary N) is 1. The van der Waals surface area contributed by atoms with Crippen molar-refractivity contribution in [2.24, 2.45) is 0 Å². The lowest BCUT2D eigenvalue weighted by Gasteiger charge is -2.20. The van der Waals surface area contributed by atoms with Crippen LogP contribution in [0.3, 0.4) is 0 Å². The van der Waals surface area contributed by atoms with E-state index in [2.05, 4.69) is 5.32 Å². The van der Waals surface area contributed by atoms with E-state index in [0.717, 1.165) is 25.9 Å². The van der Waals surface area contributed by atoms with E-state index in [1.165, 1.54) is 6.07 Å². The van der Waals surface area contributed by atoms with Crippen molar-refractivity contribution in [3.8, 4) is 0 Å². The number of hydrogen-bond acceptors (Lipinski definition) is 5. The van der Waals surface area contributed by atoms with Crippen molar-refractivity contribution in [3.63, 3.8) is 0 Å². The van der Waals surface area contributed by atoms with Gasteiger partial charge in [-0.05, 0) is 56.5 Å². The van der Waals surface area contributed by atoms with Gasteiger partial charge < -0.3 is 15.3 Å². The van der Waals surface area contributed by atoms with E-state index in [1.54, 1.807) is 50.2 Å². The molecule has 0 unspecified atom stereocenters. The van der Waals surface area contributed by atoms with Crippen molar-refractivity contribution < 1.29 is 19.6 Å². The van der Waals surface area contributed by atoms with Gasteiger partial charge in [0.1, 0.15) is 5.69 Å². The van der Waals surface area contributed by atoms with Crippen LogP contribution in [0.15, 0.2) is 42.5 Å². The third kappa shape index (κ3) is 4.21. The van der Waals surface area contributed by atoms with E-state index in [4.69, 9.17) is 0 Å². The molecule has 0 bridgehead atoms. The van der Waals surface area contributed by atoms with Crippen LogP contribution in [0.5, 0.6) is 0 Å². The van der Waals surface area contributed by atoms with Gasteiger partial charge in [-0.25, -0.2) is 0 Å². The summed E-state index contributed by atoms with van der Waals surface area (Å²) in [7, 11) is 0. The zero-order valence-electron chi connectivity index (χ0n) is 16.3. The molecule has 2 aromatic rings. The fraction of sp³-hybridized carbons (Fsp3) is 0.333. The monoisotopic (exact) mass is 397 g/mol. The summed E-state index contributed by atoms with van der Waals surface area (Å²) in [6.07, 6.45) is 1.99. The Kier molecular flexibility index (Phi) is 5.54. The maximum Gasteiger partial charge on any atom is 0.313 e. The van der Waals surface area contributed by atoms with Crippen molar-refractivity contribution in [2.45, 2.75) is 32.1 Å². The molecule has 0 aromatic heterocycles. The topological polar surface area (TPSA) is 113 Å². The van der Waals surface area contributed by atoms with Gasteiger partial charge in [0, 0.05) is 30.4 Å². The summed E-state index contributed by atoms with van der Waals surface area (Å²) in [5, 5.41) is 23.5. The van der Waals surface area contributed by atoms with Crippen LogP contribution in [-0.2, 0) is 10.2 Å². The number of aliphatic carboxylic acids is 1. The first-order chi connectivity index (χ1) is 13.7. The van der Waals surface area contributed by atoms with Gasteiger partial charge >= 0.3 is 5.97 Å². The van der Waals surface area contributed by atoms with E-state index in [0.29, 0.717) is 16.9 Å². The minimum Gasteiger partial charge on any atom is -0.481 e. The number of nitrogens with zero attached hydrogens (tertiary/aromatic N) is 2. The number of rotatable bonds is 6. The second-order valence-corrected chi connectivity index (χ2v) is 7.62. The molecule has 0 spiro atoms. The van der Waals surface area contributed by atoms with Crippen LogP contribution >= 0.6 is 0 Å². The SMILES string of the molecule is CC(C)(C(=O)O)c1ccc(NC(=O)c2ccc(N3CCCC3)c([N+](=O)[O-])c2)cc1. The number of carbonyl (C=O) groups is 2. The average Bonchev–Trinajstić information content (AvgIpc) is 3.22. The molecule has 8 heteroatoms. The highest BCUT2D eigenvalue weighted by Gasteiger charge is 2.29. The Morgan fingerprint density at radius 2 is 1.72 bits per heavy atom. The molecule has 1 aliphatic heterocycles. The lowest BCUT2D eigenvalue weighted by atomic mass is 9.85. The van der Waals surface area contributed by atoms with Crippen molar-refractivity contribution in [2.75, 3.05) is 23.3 Å². The third-order valence-corrected chi connectivity index (χ3v) is 5.28. The average molecular weight is 397 g/mol. The molecule has 1 aliphatic rings. The Balaban J connectivity index is 1.79. The van der Waals surface area contributed by atoms with Gasteiger partial charge in [0.2, 0.25) is 0 Å². The number of amides is 1. The summed E-state index contributed by atoms with van der Waals surface area (Å²) in [4.78, 5) is 36.9. The number of nitro groups is 1. The first-order valence-electron chi connectivity index (χ1n) is 9.39. The van der Waals surface area contributed by atoms with Gasteiger partial charge in [0.25, 0.3) is 11.6 Å². The molecular weight excluding hydrogens is 374 g/mol. The largest absolute Gasteiger partial charge is 0.481 e. The van der Waals surface area contributed by atoms with Crippen LogP contribution < -0.4 is 10.2 Å². The molecule has 0 radical (unpaired) electrons. The Labute approximate surface area is 168 Å². The number of anilines is 2. The molecule has 1 fully saturated rings. The predicted octanol–water partition coefficient (Wildman–Crippen LogP) is 3.81. The minimum atomic E-state index is -1.05. The van der Waals surface area contributed by atoms with Crippen molar-refractivity contribution in [1.82, 2.24) is 0 Å². The fourth-order valence-corrected chi connectivity index (χ4v) is 3.33. The number of benzene rings is 2. The molecule has 0 saturated carbocycles. The molecule has 152 valence electrons. The Morgan fingerprint density at radius 1 is 1.10 bits per heavy atom. The zero-order valence-corrected chi connectivity index (χ0v) is 16.3. The van der Waals surface area contributed by atoms with Gasteiger partial charge in [-0.15, -0.1) is 0 Å². The highest BCUT2D eigenvalue weighted by atomic mass is 16.6. The summed E-state index contributed by atoms with van der Waals surface area (Å²) >= 11 is 0. The third-order valence-electron chi connectivity index (χ3n) is 5.28. The van der Waals surface area contributed by atoms with Crippen molar-refractivity contribution in [3.05, 3.63) is 63.7 Å². The van der Waals surface area contributed by atoms with Gasteiger partial charge in [-0.2, -0.15) is 0 Å². The summed E-state index contributed by atoms with van der Waals surface area (Å²) < 4.78 is 0. The Hall–Kier alpha value is -3.42. The number of carbonyl (C=O) groups excluding carboxylic acids is 1. The Morgan fingerprint density at radius 3 is 2.28 bits per heavy atom. The highest BCUT2D eigenvalue weighted by molar-refractivity contribution is 6.05. The van der Waals surface area contributed by atoms with Crippen LogP contribution in [0.2, 0.25) is 0 Å². The molecule has 2 N–H and O–H groups in total. The Bertz CT molecular complexity index is 947. The van der Waals surface area contributed by atoms with Crippen LogP contribution in [0.1, 0.15) is 42.6 Å². The zero-order chi connectivity index (χ0) is 21.2. The summed E-state index contributed by atoms with van der Waals surface area (Å²) in [5.74, 6) is -1.41. The molecule has 29 heavy (non-hydrogen) atoms. The van der Waals surface area contributed by atoms with E-state index in [-0.39, 0.29) is 11.3 Å². The quantitative estimate of drug-likeness (QED) is 0.566. The predicted molar refractivity (Wildman–Crippen MR) is 110 cm³/mol. The summed E-state index contributed by atoms with van der Waals surface area (Å²) in [5.41, 5.74) is 0.672. The molecule has 1 heterocycles. The van der Waals surface area contributed by atoms with Crippen molar-refractivity contribution in [1.29, 1.82) is 0 Å². The minimum absolute atomic E-state index is 0.0851. The lowest BCUT2D eigenvalue weighted by Crippen LogP contribution is -2.28. The summed E-state index contributed by atoms with van der Waals surface area (Å²) in [6.45, 7) is 4.74. The van der Waals surface area contributed by atoms with Gasteiger partial charge in [0.15, 0.2) is 0 Å². The molecule has 8 nitrogen and oxygen atoms in total. The molecule has 0 aliphatic carbocycles. The first-order valence-corrected chi connectivity index (χ1v) is 9.39. The van der Waals surface area contributed by atoms with E-state index in [9.17, 15) is 24.8 Å². The van der Waals surface area contributed by atoms with Gasteiger partial charge in [-0.3, -0.25) is 19.7 Å². The van der Waals surface area contributed by atoms with E-state index >= 15 is 0 Å². The fourth-order valence-electron chi connectivity index (χ4n) is 3.33. The van der Waals surface area contributed by atoms with E-state index < -0.39 is 22.2 Å². The number of hydrogen-bond donors (Lipinski definition) is 2. The standard InChI is InChI=1S/C21H23N3O5/c1-21(2,20(26)27)15-6-8-16(9-7-15)22-19(25)14-5-10-17(18(13-14)24(28)29)23-11-3-4-12-23/h5-10,13H,3-4,11-12H2,1-2H3,(H,22,25)(H,26,27). The lowest BCUT2D eigenvalue weighted by molar-refractivity contribution is -0.384. The van der Waals surface area contributed by atoms with Crippen LogP contribution in [0, 0.1) is 10.1 Å². The first kappa shape index (κ1) is 20.3. The van der Waals surface area contributed by atoms with E-state index in [1.807, 2.05) is 4.90 Å². The van der Waals surface area contributed by atoms with Crippen LogP contribution in [0.4, 0.5) is 17.1 Å². The van der Waals surface area contributed by atoms with Crippen LogP contribution in [0.25, 0.3) is 0 Å². The van der Waals surface area contributed by atoms with Crippen LogP contribution in [-0.4, -0.2) is 35.0 Å². The smallest absolute Gasteiger partial charge is 0.313 e. The van der Waals surface area contributed by atoms with Crippen molar-refractivity contribution >= 4 is 28.9 Å². The van der Waals surface area contributed by atoms with Gasteiger partial charge in [-0.1, -0.05) is 12.1 Å². The molecular formula is C21H23N3O5. The number of carboxylic acids is 1. The number of carboxylic acid groups (broad SMARTS) is 1. The molecule has 1 amide bonds. The molecule has 2 aromatic carbocycles. The van der Waals surface area contributed by atoms with Gasteiger partial charge in [0.05, 0.1) is 10.3 Å². The second-order valence-electron chi connectivity index (χ2n) is 7.62. The maximum absolute atomic E-state index is 12.6. The molecule has 1 saturated heterocycles. The maximum atomic E-state index is 12.6. The molecule has 0 atom stereocenters.